The summed E-state index contributed by atoms with van der Waals surface area (Å²) < 4.78 is 16.9. The molecule has 0 fully saturated rings. The van der Waals surface area contributed by atoms with Crippen LogP contribution < -0.4 is 24.8 Å². The zero-order valence-corrected chi connectivity index (χ0v) is 17.1. The van der Waals surface area contributed by atoms with Gasteiger partial charge in [0.1, 0.15) is 5.75 Å². The number of ether oxygens (including phenoxy) is 3. The first-order valence-electron chi connectivity index (χ1n) is 9.70. The summed E-state index contributed by atoms with van der Waals surface area (Å²) >= 11 is 0. The molecular weight excluding hydrogens is 372 g/mol. The summed E-state index contributed by atoms with van der Waals surface area (Å²) in [5.41, 5.74) is 1.51. The first-order chi connectivity index (χ1) is 13.9. The molecule has 0 aliphatic carbocycles. The van der Waals surface area contributed by atoms with Crippen LogP contribution in [0, 0.1) is 5.92 Å². The van der Waals surface area contributed by atoms with Crippen molar-refractivity contribution in [3.05, 3.63) is 42.0 Å². The van der Waals surface area contributed by atoms with E-state index in [0.29, 0.717) is 53.3 Å². The molecule has 154 valence electrons. The number of amides is 2. The fourth-order valence-electron chi connectivity index (χ4n) is 2.78. The predicted octanol–water partition coefficient (Wildman–Crippen LogP) is 4.09. The van der Waals surface area contributed by atoms with Gasteiger partial charge in [-0.25, -0.2) is 0 Å². The summed E-state index contributed by atoms with van der Waals surface area (Å²) in [6, 6.07) is 10.2. The standard InChI is InChI=1S/C22H26N2O5/c1-5-27-20-10-15(6-8-19(20)28-12-13(2)3)22(26)23-16-7-9-18-17(11-16)24-21(25)14(4)29-18/h6-11,13-14H,5,12H2,1-4H3,(H,23,26)(H,24,25)/t14-/m0/s1. The third kappa shape index (κ3) is 4.99. The van der Waals surface area contributed by atoms with Gasteiger partial charge < -0.3 is 24.8 Å². The van der Waals surface area contributed by atoms with Crippen molar-refractivity contribution in [2.24, 2.45) is 5.92 Å². The molecule has 3 rings (SSSR count). The molecule has 1 heterocycles. The van der Waals surface area contributed by atoms with Crippen LogP contribution in [-0.4, -0.2) is 31.1 Å². The maximum atomic E-state index is 12.7. The van der Waals surface area contributed by atoms with E-state index in [4.69, 9.17) is 14.2 Å². The molecule has 0 bridgehead atoms. The van der Waals surface area contributed by atoms with Gasteiger partial charge in [0.05, 0.1) is 18.9 Å². The summed E-state index contributed by atoms with van der Waals surface area (Å²) in [7, 11) is 0. The van der Waals surface area contributed by atoms with Crippen molar-refractivity contribution in [2.75, 3.05) is 23.8 Å². The third-order valence-electron chi connectivity index (χ3n) is 4.25. The molecule has 0 saturated heterocycles. The van der Waals surface area contributed by atoms with Gasteiger partial charge in [-0.2, -0.15) is 0 Å². The van der Waals surface area contributed by atoms with Gasteiger partial charge >= 0.3 is 0 Å². The Balaban J connectivity index is 1.76. The Morgan fingerprint density at radius 2 is 1.97 bits per heavy atom. The molecular formula is C22H26N2O5. The number of hydrogen-bond acceptors (Lipinski definition) is 5. The topological polar surface area (TPSA) is 85.9 Å². The van der Waals surface area contributed by atoms with Gasteiger partial charge in [0.2, 0.25) is 0 Å². The van der Waals surface area contributed by atoms with Crippen LogP contribution in [0.15, 0.2) is 36.4 Å². The summed E-state index contributed by atoms with van der Waals surface area (Å²) in [5.74, 6) is 1.57. The Morgan fingerprint density at radius 3 is 2.69 bits per heavy atom. The van der Waals surface area contributed by atoms with Crippen LogP contribution in [0.5, 0.6) is 17.2 Å². The van der Waals surface area contributed by atoms with E-state index >= 15 is 0 Å². The highest BCUT2D eigenvalue weighted by Gasteiger charge is 2.23. The molecule has 7 nitrogen and oxygen atoms in total. The predicted molar refractivity (Wildman–Crippen MR) is 111 cm³/mol. The molecule has 7 heteroatoms. The Bertz CT molecular complexity index is 910. The lowest BCUT2D eigenvalue weighted by Crippen LogP contribution is -2.34. The SMILES string of the molecule is CCOc1cc(C(=O)Nc2ccc3c(c2)NC(=O)[C@H](C)O3)ccc1OCC(C)C. The highest BCUT2D eigenvalue weighted by atomic mass is 16.5. The molecule has 0 radical (unpaired) electrons. The molecule has 2 amide bonds. The van der Waals surface area contributed by atoms with Gasteiger partial charge in [-0.3, -0.25) is 9.59 Å². The Hall–Kier alpha value is -3.22. The average Bonchev–Trinajstić information content (AvgIpc) is 2.68. The fraction of sp³-hybridized carbons (Fsp3) is 0.364. The second kappa shape index (κ2) is 8.86. The van der Waals surface area contributed by atoms with Crippen LogP contribution in [0.25, 0.3) is 0 Å². The fourth-order valence-corrected chi connectivity index (χ4v) is 2.78. The van der Waals surface area contributed by atoms with E-state index < -0.39 is 6.10 Å². The lowest BCUT2D eigenvalue weighted by molar-refractivity contribution is -0.122. The number of carbonyl (C=O) groups is 2. The Kier molecular flexibility index (Phi) is 6.26. The summed E-state index contributed by atoms with van der Waals surface area (Å²) in [4.78, 5) is 24.5. The Labute approximate surface area is 170 Å². The minimum absolute atomic E-state index is 0.223. The highest BCUT2D eigenvalue weighted by molar-refractivity contribution is 6.05. The van der Waals surface area contributed by atoms with Crippen molar-refractivity contribution in [1.82, 2.24) is 0 Å². The molecule has 2 aromatic carbocycles. The van der Waals surface area contributed by atoms with Gasteiger partial charge in [-0.05, 0) is 56.2 Å². The highest BCUT2D eigenvalue weighted by Crippen LogP contribution is 2.33. The second-order valence-corrected chi connectivity index (χ2v) is 7.21. The van der Waals surface area contributed by atoms with Crippen LogP contribution in [0.1, 0.15) is 38.1 Å². The van der Waals surface area contributed by atoms with Crippen molar-refractivity contribution in [3.63, 3.8) is 0 Å². The van der Waals surface area contributed by atoms with E-state index in [2.05, 4.69) is 24.5 Å². The van der Waals surface area contributed by atoms with Crippen LogP contribution >= 0.6 is 0 Å². The largest absolute Gasteiger partial charge is 0.490 e. The quantitative estimate of drug-likeness (QED) is 0.734. The maximum Gasteiger partial charge on any atom is 0.265 e. The number of carbonyl (C=O) groups excluding carboxylic acids is 2. The van der Waals surface area contributed by atoms with Gasteiger partial charge in [-0.1, -0.05) is 13.8 Å². The van der Waals surface area contributed by atoms with Gasteiger partial charge in [0.15, 0.2) is 17.6 Å². The number of rotatable bonds is 7. The molecule has 1 atom stereocenters. The van der Waals surface area contributed by atoms with Crippen molar-refractivity contribution in [2.45, 2.75) is 33.8 Å². The number of benzene rings is 2. The monoisotopic (exact) mass is 398 g/mol. The van der Waals surface area contributed by atoms with Crippen molar-refractivity contribution in [3.8, 4) is 17.2 Å². The van der Waals surface area contributed by atoms with E-state index in [0.717, 1.165) is 0 Å². The van der Waals surface area contributed by atoms with E-state index in [1.54, 1.807) is 43.3 Å². The van der Waals surface area contributed by atoms with Crippen molar-refractivity contribution >= 4 is 23.2 Å². The number of nitrogens with one attached hydrogen (secondary N) is 2. The van der Waals surface area contributed by atoms with Gasteiger partial charge in [-0.15, -0.1) is 0 Å². The first-order valence-corrected chi connectivity index (χ1v) is 9.70. The molecule has 1 aliphatic heterocycles. The summed E-state index contributed by atoms with van der Waals surface area (Å²) in [6.07, 6.45) is -0.545. The number of fused-ring (bicyclic) bond motifs is 1. The lowest BCUT2D eigenvalue weighted by atomic mass is 10.1. The number of hydrogen-bond donors (Lipinski definition) is 2. The first kappa shape index (κ1) is 20.5. The molecule has 0 saturated carbocycles. The zero-order valence-electron chi connectivity index (χ0n) is 17.1. The van der Waals surface area contributed by atoms with Crippen LogP contribution in [0.4, 0.5) is 11.4 Å². The molecule has 29 heavy (non-hydrogen) atoms. The van der Waals surface area contributed by atoms with Crippen LogP contribution in [0.2, 0.25) is 0 Å². The van der Waals surface area contributed by atoms with Crippen molar-refractivity contribution in [1.29, 1.82) is 0 Å². The van der Waals surface area contributed by atoms with E-state index in [1.807, 2.05) is 6.92 Å². The molecule has 2 aromatic rings. The average molecular weight is 398 g/mol. The van der Waals surface area contributed by atoms with Gasteiger partial charge in [0.25, 0.3) is 11.8 Å². The van der Waals surface area contributed by atoms with Crippen molar-refractivity contribution < 1.29 is 23.8 Å². The summed E-state index contributed by atoms with van der Waals surface area (Å²) in [6.45, 7) is 8.71. The van der Waals surface area contributed by atoms with E-state index in [1.165, 1.54) is 0 Å². The Morgan fingerprint density at radius 1 is 1.17 bits per heavy atom. The molecule has 0 aromatic heterocycles. The third-order valence-corrected chi connectivity index (χ3v) is 4.25. The van der Waals surface area contributed by atoms with E-state index in [9.17, 15) is 9.59 Å². The van der Waals surface area contributed by atoms with Gasteiger partial charge in [0, 0.05) is 11.3 Å². The zero-order chi connectivity index (χ0) is 21.0. The van der Waals surface area contributed by atoms with Crippen LogP contribution in [0.3, 0.4) is 0 Å². The van der Waals surface area contributed by atoms with E-state index in [-0.39, 0.29) is 11.8 Å². The van der Waals surface area contributed by atoms with Crippen LogP contribution in [-0.2, 0) is 4.79 Å². The smallest absolute Gasteiger partial charge is 0.265 e. The molecule has 0 unspecified atom stereocenters. The summed E-state index contributed by atoms with van der Waals surface area (Å²) in [5, 5.41) is 5.60. The number of anilines is 2. The normalized spacial score (nSPS) is 15.2. The molecule has 1 aliphatic rings. The maximum absolute atomic E-state index is 12.7. The second-order valence-electron chi connectivity index (χ2n) is 7.21. The lowest BCUT2D eigenvalue weighted by Gasteiger charge is -2.23. The molecule has 0 spiro atoms. The minimum Gasteiger partial charge on any atom is -0.490 e. The molecule has 2 N–H and O–H groups in total. The minimum atomic E-state index is -0.545.